The molecule has 1 unspecified atom stereocenters. The lowest BCUT2D eigenvalue weighted by atomic mass is 9.98. The summed E-state index contributed by atoms with van der Waals surface area (Å²) < 4.78 is 14.2. The first kappa shape index (κ1) is 35.1. The molecule has 0 saturated heterocycles. The van der Waals surface area contributed by atoms with Crippen LogP contribution in [0.5, 0.6) is 5.75 Å². The van der Waals surface area contributed by atoms with Gasteiger partial charge in [0.25, 0.3) is 5.91 Å². The molecule has 0 radical (unpaired) electrons. The van der Waals surface area contributed by atoms with Crippen molar-refractivity contribution in [2.75, 3.05) is 11.5 Å². The summed E-state index contributed by atoms with van der Waals surface area (Å²) in [4.78, 5) is 17.1. The van der Waals surface area contributed by atoms with Crippen molar-refractivity contribution in [2.24, 2.45) is 21.1 Å². The highest BCUT2D eigenvalue weighted by Gasteiger charge is 2.42. The number of rotatable bonds is 8. The fourth-order valence-corrected chi connectivity index (χ4v) is 8.65. The van der Waals surface area contributed by atoms with Gasteiger partial charge in [0.1, 0.15) is 16.9 Å². The van der Waals surface area contributed by atoms with Crippen LogP contribution < -0.4 is 9.64 Å². The summed E-state index contributed by atoms with van der Waals surface area (Å²) in [6.07, 6.45) is 7.22. The number of hydrogen-bond acceptors (Lipinski definition) is 4. The average Bonchev–Trinajstić information content (AvgIpc) is 3.87. The zero-order chi connectivity index (χ0) is 37.5. The van der Waals surface area contributed by atoms with Crippen molar-refractivity contribution in [3.05, 3.63) is 106 Å². The van der Waals surface area contributed by atoms with Gasteiger partial charge in [-0.2, -0.15) is 10.2 Å². The van der Waals surface area contributed by atoms with Gasteiger partial charge in [-0.25, -0.2) is 0 Å². The van der Waals surface area contributed by atoms with E-state index in [0.717, 1.165) is 88.6 Å². The van der Waals surface area contributed by atoms with Gasteiger partial charge in [-0.3, -0.25) is 19.1 Å². The minimum atomic E-state index is -0.657. The van der Waals surface area contributed by atoms with E-state index in [4.69, 9.17) is 33.0 Å². The Morgan fingerprint density at radius 3 is 2.36 bits per heavy atom. The van der Waals surface area contributed by atoms with Crippen LogP contribution in [-0.2, 0) is 27.6 Å². The summed E-state index contributed by atoms with van der Waals surface area (Å²) in [6.45, 7) is 10.7. The van der Waals surface area contributed by atoms with Crippen molar-refractivity contribution in [2.45, 2.75) is 59.0 Å². The summed E-state index contributed by atoms with van der Waals surface area (Å²) in [7, 11) is 5.89. The molecule has 0 N–H and O–H groups in total. The van der Waals surface area contributed by atoms with Crippen molar-refractivity contribution >= 4 is 56.6 Å². The first-order valence-electron chi connectivity index (χ1n) is 18.0. The van der Waals surface area contributed by atoms with Crippen molar-refractivity contribution in [1.29, 1.82) is 0 Å². The highest BCUT2D eigenvalue weighted by molar-refractivity contribution is 6.32. The molecular formula is C42H43Cl2N7O2. The molecule has 11 heteroatoms. The number of para-hydroxylation sites is 1. The molecule has 0 saturated carbocycles. The SMILES string of the molecule is Cc1cc(OCCCc2c3n(c4c(-c5c(C)nn(C)c5C)cccc24)C(C)[C@@H](Cl)N(c2cn(C)c4ccc(-c5cnn(C)c5)cc24)C3=O)cc(C)c1Cl. The Morgan fingerprint density at radius 1 is 0.925 bits per heavy atom. The van der Waals surface area contributed by atoms with Gasteiger partial charge in [-0.15, -0.1) is 0 Å². The van der Waals surface area contributed by atoms with Crippen LogP contribution in [0.3, 0.4) is 0 Å². The number of carbonyl (C=O) groups excluding carboxylic acids is 1. The molecule has 2 atom stereocenters. The third-order valence-corrected chi connectivity index (χ3v) is 12.1. The summed E-state index contributed by atoms with van der Waals surface area (Å²) >= 11 is 13.9. The number of ether oxygens (including phenoxy) is 1. The number of fused-ring (bicyclic) bond motifs is 4. The van der Waals surface area contributed by atoms with E-state index in [0.29, 0.717) is 25.1 Å². The lowest BCUT2D eigenvalue weighted by Crippen LogP contribution is -2.47. The van der Waals surface area contributed by atoms with Crippen LogP contribution in [0.15, 0.2) is 67.1 Å². The molecule has 3 aromatic carbocycles. The Bertz CT molecular complexity index is 2570. The third-order valence-electron chi connectivity index (χ3n) is 10.9. The zero-order valence-corrected chi connectivity index (χ0v) is 32.8. The zero-order valence-electron chi connectivity index (χ0n) is 31.3. The van der Waals surface area contributed by atoms with Crippen LogP contribution in [0.2, 0.25) is 5.02 Å². The Hall–Kier alpha value is -4.99. The second-order valence-corrected chi connectivity index (χ2v) is 15.3. The van der Waals surface area contributed by atoms with E-state index in [2.05, 4.69) is 64.5 Å². The van der Waals surface area contributed by atoms with Gasteiger partial charge >= 0.3 is 0 Å². The minimum absolute atomic E-state index is 0.121. The number of carbonyl (C=O) groups is 1. The number of nitrogens with zero attached hydrogens (tertiary/aromatic N) is 7. The van der Waals surface area contributed by atoms with Crippen LogP contribution in [0.4, 0.5) is 5.69 Å². The van der Waals surface area contributed by atoms with Crippen LogP contribution in [0, 0.1) is 27.7 Å². The van der Waals surface area contributed by atoms with Crippen LogP contribution >= 0.6 is 23.2 Å². The number of amides is 1. The monoisotopic (exact) mass is 747 g/mol. The third kappa shape index (κ3) is 5.63. The maximum absolute atomic E-state index is 15.3. The number of alkyl halides is 1. The molecule has 53 heavy (non-hydrogen) atoms. The van der Waals surface area contributed by atoms with Crippen LogP contribution in [0.1, 0.15) is 58.0 Å². The van der Waals surface area contributed by atoms with E-state index in [1.165, 1.54) is 0 Å². The lowest BCUT2D eigenvalue weighted by molar-refractivity contribution is 0.0951. The van der Waals surface area contributed by atoms with E-state index in [1.807, 2.05) is 77.3 Å². The maximum Gasteiger partial charge on any atom is 0.276 e. The van der Waals surface area contributed by atoms with Gasteiger partial charge in [-0.1, -0.05) is 47.5 Å². The van der Waals surface area contributed by atoms with Gasteiger partial charge in [0.2, 0.25) is 0 Å². The molecule has 1 aliphatic rings. The van der Waals surface area contributed by atoms with Gasteiger partial charge < -0.3 is 13.9 Å². The topological polar surface area (TPSA) is 75.0 Å². The summed E-state index contributed by atoms with van der Waals surface area (Å²) in [6, 6.07) is 16.4. The van der Waals surface area contributed by atoms with E-state index in [1.54, 1.807) is 9.58 Å². The maximum atomic E-state index is 15.3. The Morgan fingerprint density at radius 2 is 1.68 bits per heavy atom. The van der Waals surface area contributed by atoms with E-state index in [9.17, 15) is 0 Å². The largest absolute Gasteiger partial charge is 0.494 e. The summed E-state index contributed by atoms with van der Waals surface area (Å²) in [5.74, 6) is 0.671. The van der Waals surface area contributed by atoms with Gasteiger partial charge in [-0.05, 0) is 94.0 Å². The molecule has 1 amide bonds. The number of benzene rings is 3. The molecular weight excluding hydrogens is 705 g/mol. The molecule has 8 rings (SSSR count). The van der Waals surface area contributed by atoms with Gasteiger partial charge in [0.15, 0.2) is 0 Å². The van der Waals surface area contributed by atoms with Gasteiger partial charge in [0, 0.05) is 77.2 Å². The number of aromatic nitrogens is 6. The fourth-order valence-electron chi connectivity index (χ4n) is 8.24. The van der Waals surface area contributed by atoms with E-state index < -0.39 is 5.50 Å². The molecule has 0 spiro atoms. The molecule has 272 valence electrons. The summed E-state index contributed by atoms with van der Waals surface area (Å²) in [5, 5.41) is 11.9. The van der Waals surface area contributed by atoms with Crippen molar-refractivity contribution < 1.29 is 9.53 Å². The molecule has 0 fully saturated rings. The fraction of sp³-hybridized carbons (Fsp3) is 0.310. The van der Waals surface area contributed by atoms with Crippen molar-refractivity contribution in [1.82, 2.24) is 28.7 Å². The number of hydrogen-bond donors (Lipinski definition) is 0. The highest BCUT2D eigenvalue weighted by Crippen LogP contribution is 2.46. The minimum Gasteiger partial charge on any atom is -0.494 e. The standard InChI is InChI=1S/C42H43Cl2N7O2/c1-23-17-30(18-24(2)38(23)43)53-16-10-13-32-31-11-9-12-33(37-25(3)46-49(8)26(37)4)39(31)50-27(5)41(44)51(42(52)40(32)50)36-22-47(6)35-15-14-28(19-34(35)36)29-20-45-48(7)21-29/h9,11-12,14-15,17-22,27,41H,10,13,16H2,1-8H3/t27?,41-/m0/s1. The van der Waals surface area contributed by atoms with E-state index >= 15 is 4.79 Å². The van der Waals surface area contributed by atoms with Crippen molar-refractivity contribution in [3.8, 4) is 28.0 Å². The Kier molecular flexibility index (Phi) is 8.70. The Balaban J connectivity index is 1.27. The predicted octanol–water partition coefficient (Wildman–Crippen LogP) is 9.62. The smallest absolute Gasteiger partial charge is 0.276 e. The normalized spacial score (nSPS) is 16.0. The average molecular weight is 749 g/mol. The first-order chi connectivity index (χ1) is 25.3. The number of halogens is 2. The van der Waals surface area contributed by atoms with Crippen molar-refractivity contribution in [3.63, 3.8) is 0 Å². The number of anilines is 1. The molecule has 5 heterocycles. The predicted molar refractivity (Wildman–Crippen MR) is 215 cm³/mol. The van der Waals surface area contributed by atoms with Crippen LogP contribution in [0.25, 0.3) is 44.1 Å². The molecule has 9 nitrogen and oxygen atoms in total. The number of aryl methyl sites for hydroxylation is 7. The quantitative estimate of drug-likeness (QED) is 0.0882. The lowest BCUT2D eigenvalue weighted by Gasteiger charge is -2.38. The second kappa shape index (κ2) is 13.1. The highest BCUT2D eigenvalue weighted by atomic mass is 35.5. The van der Waals surface area contributed by atoms with Gasteiger partial charge in [0.05, 0.1) is 35.7 Å². The molecule has 7 aromatic rings. The molecule has 4 aromatic heterocycles. The molecule has 0 bridgehead atoms. The molecule has 0 aliphatic carbocycles. The Labute approximate surface area is 319 Å². The van der Waals surface area contributed by atoms with Crippen LogP contribution in [-0.4, -0.2) is 46.7 Å². The van der Waals surface area contributed by atoms with E-state index in [-0.39, 0.29) is 11.9 Å². The second-order valence-electron chi connectivity index (χ2n) is 14.4. The summed E-state index contributed by atoms with van der Waals surface area (Å²) in [5.41, 5.74) is 11.9. The first-order valence-corrected chi connectivity index (χ1v) is 18.8. The molecule has 1 aliphatic heterocycles.